The highest BCUT2D eigenvalue weighted by molar-refractivity contribution is 8.00. The van der Waals surface area contributed by atoms with E-state index in [1.807, 2.05) is 0 Å². The lowest BCUT2D eigenvalue weighted by Crippen LogP contribution is -2.23. The second-order valence-electron chi connectivity index (χ2n) is 4.53. The molecule has 7 nitrogen and oxygen atoms in total. The van der Waals surface area contributed by atoms with Crippen molar-refractivity contribution >= 4 is 35.0 Å². The molecule has 1 N–H and O–H groups in total. The first-order valence-electron chi connectivity index (χ1n) is 6.73. The summed E-state index contributed by atoms with van der Waals surface area (Å²) in [5, 5.41) is 14.8. The molecule has 0 saturated heterocycles. The van der Waals surface area contributed by atoms with Crippen LogP contribution in [-0.2, 0) is 11.3 Å². The number of tetrazole rings is 1. The van der Waals surface area contributed by atoms with Crippen LogP contribution in [0.1, 0.15) is 6.92 Å². The standard InChI is InChI=1S/C14H16ClN5O2S/c1-4-7-20-14(17-18-19-20)23-9(2)13(21)16-11-8-10(15)5-6-12(11)22-3/h4-6,8-9H,1,7H2,2-3H3,(H,16,21). The number of anilines is 1. The predicted octanol–water partition coefficient (Wildman–Crippen LogP) is 2.64. The van der Waals surface area contributed by atoms with Gasteiger partial charge in [-0.05, 0) is 35.5 Å². The summed E-state index contributed by atoms with van der Waals surface area (Å²) in [6.07, 6.45) is 1.68. The van der Waals surface area contributed by atoms with Crippen LogP contribution in [-0.4, -0.2) is 38.5 Å². The number of hydrogen-bond donors (Lipinski definition) is 1. The number of nitrogens with zero attached hydrogens (tertiary/aromatic N) is 4. The van der Waals surface area contributed by atoms with Gasteiger partial charge in [0.2, 0.25) is 11.1 Å². The van der Waals surface area contributed by atoms with E-state index in [1.165, 1.54) is 18.9 Å². The van der Waals surface area contributed by atoms with Gasteiger partial charge < -0.3 is 10.1 Å². The van der Waals surface area contributed by atoms with Crippen LogP contribution in [0.5, 0.6) is 5.75 Å². The van der Waals surface area contributed by atoms with E-state index in [4.69, 9.17) is 16.3 Å². The van der Waals surface area contributed by atoms with Crippen LogP contribution in [0, 0.1) is 0 Å². The monoisotopic (exact) mass is 353 g/mol. The zero-order valence-corrected chi connectivity index (χ0v) is 14.3. The number of methoxy groups -OCH3 is 1. The number of allylic oxidation sites excluding steroid dienone is 1. The number of amides is 1. The average Bonchev–Trinajstić information content (AvgIpc) is 2.95. The Morgan fingerprint density at radius 3 is 3.09 bits per heavy atom. The van der Waals surface area contributed by atoms with Crippen molar-refractivity contribution in [2.75, 3.05) is 12.4 Å². The Hall–Kier alpha value is -2.06. The number of benzene rings is 1. The fourth-order valence-electron chi connectivity index (χ4n) is 1.74. The molecule has 0 radical (unpaired) electrons. The molecule has 0 aliphatic rings. The normalized spacial score (nSPS) is 11.8. The van der Waals surface area contributed by atoms with Gasteiger partial charge in [-0.15, -0.1) is 11.7 Å². The van der Waals surface area contributed by atoms with Crippen LogP contribution in [0.3, 0.4) is 0 Å². The van der Waals surface area contributed by atoms with Crippen molar-refractivity contribution in [1.82, 2.24) is 20.2 Å². The molecule has 0 saturated carbocycles. The first kappa shape index (κ1) is 17.3. The Morgan fingerprint density at radius 1 is 1.61 bits per heavy atom. The summed E-state index contributed by atoms with van der Waals surface area (Å²) in [7, 11) is 1.53. The third-order valence-corrected chi connectivity index (χ3v) is 4.18. The number of carbonyl (C=O) groups is 1. The number of thioether (sulfide) groups is 1. The van der Waals surface area contributed by atoms with E-state index in [-0.39, 0.29) is 5.91 Å². The summed E-state index contributed by atoms with van der Waals surface area (Å²) in [5.41, 5.74) is 0.517. The molecular weight excluding hydrogens is 338 g/mol. The summed E-state index contributed by atoms with van der Waals surface area (Å²) in [5.74, 6) is 0.333. The molecule has 0 aliphatic carbocycles. The quantitative estimate of drug-likeness (QED) is 0.608. The van der Waals surface area contributed by atoms with E-state index >= 15 is 0 Å². The molecule has 9 heteroatoms. The minimum atomic E-state index is -0.409. The molecule has 1 unspecified atom stereocenters. The highest BCUT2D eigenvalue weighted by Crippen LogP contribution is 2.29. The number of rotatable bonds is 7. The van der Waals surface area contributed by atoms with Gasteiger partial charge in [-0.3, -0.25) is 4.79 Å². The maximum absolute atomic E-state index is 12.4. The van der Waals surface area contributed by atoms with Gasteiger partial charge >= 0.3 is 0 Å². The Balaban J connectivity index is 2.07. The minimum Gasteiger partial charge on any atom is -0.495 e. The van der Waals surface area contributed by atoms with E-state index in [9.17, 15) is 4.79 Å². The van der Waals surface area contributed by atoms with Crippen LogP contribution in [0.2, 0.25) is 5.02 Å². The average molecular weight is 354 g/mol. The number of nitrogens with one attached hydrogen (secondary N) is 1. The van der Waals surface area contributed by atoms with Crippen molar-refractivity contribution in [3.05, 3.63) is 35.9 Å². The van der Waals surface area contributed by atoms with Gasteiger partial charge in [0.25, 0.3) is 0 Å². The summed E-state index contributed by atoms with van der Waals surface area (Å²) < 4.78 is 6.78. The van der Waals surface area contributed by atoms with Crippen molar-refractivity contribution in [1.29, 1.82) is 0 Å². The largest absolute Gasteiger partial charge is 0.495 e. The zero-order chi connectivity index (χ0) is 16.8. The van der Waals surface area contributed by atoms with Gasteiger partial charge in [0.15, 0.2) is 0 Å². The molecule has 1 heterocycles. The molecule has 23 heavy (non-hydrogen) atoms. The van der Waals surface area contributed by atoms with Crippen LogP contribution >= 0.6 is 23.4 Å². The zero-order valence-electron chi connectivity index (χ0n) is 12.7. The first-order chi connectivity index (χ1) is 11.0. The topological polar surface area (TPSA) is 81.9 Å². The van der Waals surface area contributed by atoms with E-state index in [1.54, 1.807) is 35.9 Å². The lowest BCUT2D eigenvalue weighted by molar-refractivity contribution is -0.115. The van der Waals surface area contributed by atoms with Gasteiger partial charge in [0, 0.05) is 5.02 Å². The Bertz CT molecular complexity index is 706. The van der Waals surface area contributed by atoms with E-state index in [0.717, 1.165) is 0 Å². The van der Waals surface area contributed by atoms with Crippen molar-refractivity contribution in [2.24, 2.45) is 0 Å². The second kappa shape index (κ2) is 7.98. The minimum absolute atomic E-state index is 0.205. The second-order valence-corrected chi connectivity index (χ2v) is 6.27. The molecule has 0 bridgehead atoms. The highest BCUT2D eigenvalue weighted by Gasteiger charge is 2.19. The van der Waals surface area contributed by atoms with Crippen molar-refractivity contribution in [2.45, 2.75) is 23.9 Å². The SMILES string of the molecule is C=CCn1nnnc1SC(C)C(=O)Nc1cc(Cl)ccc1OC. The van der Waals surface area contributed by atoms with E-state index < -0.39 is 5.25 Å². The fourth-order valence-corrected chi connectivity index (χ4v) is 2.71. The molecule has 122 valence electrons. The summed E-state index contributed by atoms with van der Waals surface area (Å²) in [4.78, 5) is 12.4. The molecule has 1 amide bonds. The molecule has 0 fully saturated rings. The summed E-state index contributed by atoms with van der Waals surface area (Å²) in [6.45, 7) is 5.89. The molecular formula is C14H16ClN5O2S. The smallest absolute Gasteiger partial charge is 0.237 e. The van der Waals surface area contributed by atoms with Gasteiger partial charge in [0.1, 0.15) is 5.75 Å². The number of halogens is 1. The van der Waals surface area contributed by atoms with Crippen LogP contribution < -0.4 is 10.1 Å². The van der Waals surface area contributed by atoms with Gasteiger partial charge in [-0.25, -0.2) is 4.68 Å². The highest BCUT2D eigenvalue weighted by atomic mass is 35.5. The molecule has 2 rings (SSSR count). The molecule has 2 aromatic rings. The van der Waals surface area contributed by atoms with Crippen LogP contribution in [0.25, 0.3) is 0 Å². The summed E-state index contributed by atoms with van der Waals surface area (Å²) in [6, 6.07) is 5.02. The maximum atomic E-state index is 12.4. The lowest BCUT2D eigenvalue weighted by Gasteiger charge is -2.14. The molecule has 1 aromatic carbocycles. The molecule has 1 aromatic heterocycles. The number of aromatic nitrogens is 4. The number of hydrogen-bond acceptors (Lipinski definition) is 6. The van der Waals surface area contributed by atoms with Gasteiger partial charge in [-0.2, -0.15) is 0 Å². The van der Waals surface area contributed by atoms with E-state index in [2.05, 4.69) is 27.4 Å². The lowest BCUT2D eigenvalue weighted by atomic mass is 10.3. The number of carbonyl (C=O) groups excluding carboxylic acids is 1. The molecule has 1 atom stereocenters. The maximum Gasteiger partial charge on any atom is 0.237 e. The van der Waals surface area contributed by atoms with Crippen molar-refractivity contribution in [3.8, 4) is 5.75 Å². The van der Waals surface area contributed by atoms with E-state index in [0.29, 0.717) is 28.2 Å². The fraction of sp³-hybridized carbons (Fsp3) is 0.286. The van der Waals surface area contributed by atoms with Crippen LogP contribution in [0.15, 0.2) is 36.0 Å². The summed E-state index contributed by atoms with van der Waals surface area (Å²) >= 11 is 7.21. The Labute approximate surface area is 143 Å². The van der Waals surface area contributed by atoms with Gasteiger partial charge in [-0.1, -0.05) is 29.4 Å². The van der Waals surface area contributed by atoms with Crippen molar-refractivity contribution < 1.29 is 9.53 Å². The predicted molar refractivity (Wildman–Crippen MR) is 90.0 cm³/mol. The van der Waals surface area contributed by atoms with Gasteiger partial charge in [0.05, 0.1) is 24.6 Å². The third-order valence-electron chi connectivity index (χ3n) is 2.87. The van der Waals surface area contributed by atoms with Crippen molar-refractivity contribution in [3.63, 3.8) is 0 Å². The van der Waals surface area contributed by atoms with Crippen LogP contribution in [0.4, 0.5) is 5.69 Å². The third kappa shape index (κ3) is 4.46. The molecule has 0 spiro atoms. The Kier molecular flexibility index (Phi) is 6.00. The Morgan fingerprint density at radius 2 is 2.39 bits per heavy atom. The number of ether oxygens (including phenoxy) is 1. The first-order valence-corrected chi connectivity index (χ1v) is 7.99. The molecule has 0 aliphatic heterocycles.